The number of nitrogens with zero attached hydrogens (tertiary/aromatic N) is 2. The highest BCUT2D eigenvalue weighted by Crippen LogP contribution is 2.33. The Morgan fingerprint density at radius 1 is 1.15 bits per heavy atom. The van der Waals surface area contributed by atoms with Crippen LogP contribution in [0.1, 0.15) is 22.7 Å². The minimum atomic E-state index is -4.52. The Balaban J connectivity index is 2.50. The molecule has 2 aromatic rings. The van der Waals surface area contributed by atoms with Crippen molar-refractivity contribution in [3.63, 3.8) is 0 Å². The van der Waals surface area contributed by atoms with E-state index in [0.717, 1.165) is 12.1 Å². The van der Waals surface area contributed by atoms with Gasteiger partial charge in [-0.1, -0.05) is 0 Å². The van der Waals surface area contributed by atoms with E-state index in [4.69, 9.17) is 0 Å². The quantitative estimate of drug-likeness (QED) is 0.881. The number of benzene rings is 1. The van der Waals surface area contributed by atoms with Crippen molar-refractivity contribution in [1.29, 1.82) is 0 Å². The second-order valence-corrected chi connectivity index (χ2v) is 4.13. The molecule has 3 nitrogen and oxygen atoms in total. The maximum Gasteiger partial charge on any atom is 0.416 e. The summed E-state index contributed by atoms with van der Waals surface area (Å²) in [7, 11) is 1.53. The van der Waals surface area contributed by atoms with Crippen LogP contribution in [0.5, 0.6) is 0 Å². The molecule has 1 aromatic heterocycles. The molecule has 0 aliphatic rings. The topological polar surface area (TPSA) is 37.8 Å². The summed E-state index contributed by atoms with van der Waals surface area (Å²) in [5, 5.41) is 2.77. The number of nitrogens with one attached hydrogen (secondary N) is 1. The molecule has 7 heteroatoms. The first-order valence-electron chi connectivity index (χ1n) is 5.72. The molecule has 0 saturated heterocycles. The van der Waals surface area contributed by atoms with Gasteiger partial charge in [-0.05, 0) is 25.2 Å². The van der Waals surface area contributed by atoms with Crippen molar-refractivity contribution >= 4 is 0 Å². The first-order valence-corrected chi connectivity index (χ1v) is 5.72. The van der Waals surface area contributed by atoms with Crippen molar-refractivity contribution < 1.29 is 17.6 Å². The van der Waals surface area contributed by atoms with Crippen LogP contribution in [0.25, 0.3) is 0 Å². The van der Waals surface area contributed by atoms with Crippen LogP contribution in [-0.2, 0) is 6.18 Å². The van der Waals surface area contributed by atoms with Gasteiger partial charge in [0.25, 0.3) is 0 Å². The first-order chi connectivity index (χ1) is 9.43. The number of hydrogen-bond donors (Lipinski definition) is 1. The van der Waals surface area contributed by atoms with Gasteiger partial charge in [0, 0.05) is 23.5 Å². The van der Waals surface area contributed by atoms with Gasteiger partial charge in [0.2, 0.25) is 0 Å². The van der Waals surface area contributed by atoms with Gasteiger partial charge in [-0.25, -0.2) is 14.4 Å². The maximum atomic E-state index is 13.8. The predicted octanol–water partition coefficient (Wildman–Crippen LogP) is 2.94. The lowest BCUT2D eigenvalue weighted by Gasteiger charge is -2.18. The third-order valence-electron chi connectivity index (χ3n) is 2.84. The molecule has 1 unspecified atom stereocenters. The Kier molecular flexibility index (Phi) is 3.99. The Morgan fingerprint density at radius 2 is 1.80 bits per heavy atom. The molecule has 0 bridgehead atoms. The van der Waals surface area contributed by atoms with Crippen LogP contribution in [0.15, 0.2) is 36.9 Å². The summed E-state index contributed by atoms with van der Waals surface area (Å²) in [4.78, 5) is 7.57. The fourth-order valence-corrected chi connectivity index (χ4v) is 1.90. The number of hydrogen-bond acceptors (Lipinski definition) is 3. The van der Waals surface area contributed by atoms with E-state index in [1.165, 1.54) is 25.8 Å². The third-order valence-corrected chi connectivity index (χ3v) is 2.84. The van der Waals surface area contributed by atoms with Crippen molar-refractivity contribution in [2.75, 3.05) is 7.05 Å². The molecule has 20 heavy (non-hydrogen) atoms. The van der Waals surface area contributed by atoms with Gasteiger partial charge in [-0.2, -0.15) is 13.2 Å². The molecule has 1 heterocycles. The molecule has 106 valence electrons. The largest absolute Gasteiger partial charge is 0.416 e. The minimum absolute atomic E-state index is 0.0999. The molecule has 0 aliphatic heterocycles. The fraction of sp³-hybridized carbons (Fsp3) is 0.231. The van der Waals surface area contributed by atoms with E-state index in [-0.39, 0.29) is 5.56 Å². The lowest BCUT2D eigenvalue weighted by atomic mass is 9.98. The van der Waals surface area contributed by atoms with Gasteiger partial charge in [-0.3, -0.25) is 0 Å². The highest BCUT2D eigenvalue weighted by atomic mass is 19.4. The molecule has 0 radical (unpaired) electrons. The third kappa shape index (κ3) is 2.93. The Labute approximate surface area is 112 Å². The summed E-state index contributed by atoms with van der Waals surface area (Å²) in [5.74, 6) is -0.721. The van der Waals surface area contributed by atoms with E-state index in [2.05, 4.69) is 15.3 Å². The molecule has 2 rings (SSSR count). The highest BCUT2D eigenvalue weighted by Gasteiger charge is 2.32. The van der Waals surface area contributed by atoms with E-state index in [1.54, 1.807) is 0 Å². The molecule has 1 aromatic carbocycles. The normalized spacial score (nSPS) is 13.2. The van der Waals surface area contributed by atoms with Crippen LogP contribution >= 0.6 is 0 Å². The standard InChI is InChI=1S/C13H11F4N3/c1-18-12(8-5-19-7-20-6-8)10-4-9(13(15,16)17)2-3-11(10)14/h2-7,12,18H,1H3. The van der Waals surface area contributed by atoms with Gasteiger partial charge >= 0.3 is 6.18 Å². The zero-order chi connectivity index (χ0) is 14.8. The molecule has 1 atom stereocenters. The predicted molar refractivity (Wildman–Crippen MR) is 64.3 cm³/mol. The van der Waals surface area contributed by atoms with E-state index in [9.17, 15) is 17.6 Å². The molecule has 0 amide bonds. The Morgan fingerprint density at radius 3 is 2.35 bits per heavy atom. The van der Waals surface area contributed by atoms with E-state index < -0.39 is 23.6 Å². The summed E-state index contributed by atoms with van der Waals surface area (Å²) in [5.41, 5.74) is -0.517. The first kappa shape index (κ1) is 14.4. The molecule has 0 aliphatic carbocycles. The summed E-state index contributed by atoms with van der Waals surface area (Å²) in [6.07, 6.45) is -0.381. The fourth-order valence-electron chi connectivity index (χ4n) is 1.90. The van der Waals surface area contributed by atoms with Crippen molar-refractivity contribution in [3.05, 3.63) is 59.4 Å². The van der Waals surface area contributed by atoms with E-state index in [1.807, 2.05) is 0 Å². The monoisotopic (exact) mass is 285 g/mol. The van der Waals surface area contributed by atoms with Gasteiger partial charge in [-0.15, -0.1) is 0 Å². The van der Waals surface area contributed by atoms with Crippen LogP contribution in [0.4, 0.5) is 17.6 Å². The molecular weight excluding hydrogens is 274 g/mol. The highest BCUT2D eigenvalue weighted by molar-refractivity contribution is 5.34. The summed E-state index contributed by atoms with van der Waals surface area (Å²) in [6, 6.07) is 1.57. The van der Waals surface area contributed by atoms with Gasteiger partial charge in [0.15, 0.2) is 0 Å². The lowest BCUT2D eigenvalue weighted by Crippen LogP contribution is -2.20. The van der Waals surface area contributed by atoms with Gasteiger partial charge < -0.3 is 5.32 Å². The molecule has 0 fully saturated rings. The Hall–Kier alpha value is -2.02. The van der Waals surface area contributed by atoms with Crippen molar-refractivity contribution in [1.82, 2.24) is 15.3 Å². The Bertz CT molecular complexity index is 584. The average Bonchev–Trinajstić information content (AvgIpc) is 2.41. The van der Waals surface area contributed by atoms with Crippen molar-refractivity contribution in [3.8, 4) is 0 Å². The number of aromatic nitrogens is 2. The minimum Gasteiger partial charge on any atom is -0.309 e. The average molecular weight is 285 g/mol. The number of rotatable bonds is 3. The molecule has 0 spiro atoms. The molecule has 0 saturated carbocycles. The van der Waals surface area contributed by atoms with Crippen LogP contribution < -0.4 is 5.32 Å². The number of halogens is 4. The van der Waals surface area contributed by atoms with Gasteiger partial charge in [0.1, 0.15) is 12.1 Å². The van der Waals surface area contributed by atoms with Crippen LogP contribution in [0.3, 0.4) is 0 Å². The maximum absolute atomic E-state index is 13.8. The van der Waals surface area contributed by atoms with Crippen LogP contribution in [0, 0.1) is 5.82 Å². The van der Waals surface area contributed by atoms with Crippen molar-refractivity contribution in [2.45, 2.75) is 12.2 Å². The lowest BCUT2D eigenvalue weighted by molar-refractivity contribution is -0.137. The smallest absolute Gasteiger partial charge is 0.309 e. The van der Waals surface area contributed by atoms with Crippen LogP contribution in [-0.4, -0.2) is 17.0 Å². The zero-order valence-electron chi connectivity index (χ0n) is 10.4. The molecule has 1 N–H and O–H groups in total. The van der Waals surface area contributed by atoms with E-state index >= 15 is 0 Å². The summed E-state index contributed by atoms with van der Waals surface area (Å²) < 4.78 is 51.9. The van der Waals surface area contributed by atoms with Crippen LogP contribution in [0.2, 0.25) is 0 Å². The molecular formula is C13H11F4N3. The second-order valence-electron chi connectivity index (χ2n) is 4.13. The number of alkyl halides is 3. The zero-order valence-corrected chi connectivity index (χ0v) is 10.4. The van der Waals surface area contributed by atoms with Crippen molar-refractivity contribution in [2.24, 2.45) is 0 Å². The second kappa shape index (κ2) is 5.54. The van der Waals surface area contributed by atoms with Gasteiger partial charge in [0.05, 0.1) is 11.6 Å². The SMILES string of the molecule is CNC(c1cncnc1)c1cc(C(F)(F)F)ccc1F. The summed E-state index contributed by atoms with van der Waals surface area (Å²) >= 11 is 0. The van der Waals surface area contributed by atoms with E-state index in [0.29, 0.717) is 11.6 Å². The summed E-state index contributed by atoms with van der Waals surface area (Å²) in [6.45, 7) is 0.